The number of aromatic amines is 1. The topological polar surface area (TPSA) is 92.5 Å². The molecule has 7 nitrogen and oxygen atoms in total. The number of benzene rings is 1. The summed E-state index contributed by atoms with van der Waals surface area (Å²) in [4.78, 5) is 18.8. The van der Waals surface area contributed by atoms with E-state index in [0.717, 1.165) is 11.1 Å². The van der Waals surface area contributed by atoms with E-state index in [0.29, 0.717) is 11.3 Å². The third kappa shape index (κ3) is 1.94. The van der Waals surface area contributed by atoms with Gasteiger partial charge in [0.1, 0.15) is 17.6 Å². The average Bonchev–Trinajstić information content (AvgIpc) is 2.88. The van der Waals surface area contributed by atoms with Crippen LogP contribution in [0.3, 0.4) is 0 Å². The van der Waals surface area contributed by atoms with E-state index < -0.39 is 5.56 Å². The summed E-state index contributed by atoms with van der Waals surface area (Å²) in [7, 11) is 1.52. The van der Waals surface area contributed by atoms with E-state index in [4.69, 9.17) is 4.74 Å². The van der Waals surface area contributed by atoms with Crippen molar-refractivity contribution in [2.75, 3.05) is 7.11 Å². The van der Waals surface area contributed by atoms with Gasteiger partial charge < -0.3 is 9.84 Å². The van der Waals surface area contributed by atoms with E-state index in [1.807, 2.05) is 26.0 Å². The van der Waals surface area contributed by atoms with E-state index in [-0.39, 0.29) is 17.2 Å². The molecule has 0 unspecified atom stereocenters. The van der Waals surface area contributed by atoms with Crippen LogP contribution in [0, 0.1) is 13.8 Å². The van der Waals surface area contributed by atoms with Gasteiger partial charge in [-0.1, -0.05) is 6.07 Å². The second kappa shape index (κ2) is 4.62. The van der Waals surface area contributed by atoms with Gasteiger partial charge in [0.2, 0.25) is 11.7 Å². The first-order valence-corrected chi connectivity index (χ1v) is 6.33. The van der Waals surface area contributed by atoms with E-state index in [9.17, 15) is 9.90 Å². The monoisotopic (exact) mass is 286 g/mol. The lowest BCUT2D eigenvalue weighted by Crippen LogP contribution is -2.14. The minimum Gasteiger partial charge on any atom is -0.496 e. The molecule has 0 saturated heterocycles. The third-order valence-corrected chi connectivity index (χ3v) is 3.34. The zero-order valence-electron chi connectivity index (χ0n) is 11.8. The van der Waals surface area contributed by atoms with Crippen LogP contribution in [0.25, 0.3) is 16.9 Å². The number of aromatic hydroxyl groups is 1. The van der Waals surface area contributed by atoms with Gasteiger partial charge in [-0.3, -0.25) is 9.78 Å². The van der Waals surface area contributed by atoms with Crippen molar-refractivity contribution in [2.24, 2.45) is 0 Å². The Morgan fingerprint density at radius 3 is 2.76 bits per heavy atom. The van der Waals surface area contributed by atoms with Crippen molar-refractivity contribution in [3.63, 3.8) is 0 Å². The van der Waals surface area contributed by atoms with Gasteiger partial charge in [-0.2, -0.15) is 14.6 Å². The molecule has 0 fully saturated rings. The van der Waals surface area contributed by atoms with Crippen molar-refractivity contribution in [2.45, 2.75) is 13.8 Å². The second-order valence-electron chi connectivity index (χ2n) is 4.81. The quantitative estimate of drug-likeness (QED) is 0.743. The van der Waals surface area contributed by atoms with Gasteiger partial charge in [-0.25, -0.2) is 0 Å². The highest BCUT2D eigenvalue weighted by molar-refractivity contribution is 5.77. The smallest absolute Gasteiger partial charge is 0.264 e. The van der Waals surface area contributed by atoms with E-state index in [1.165, 1.54) is 18.0 Å². The molecule has 2 N–H and O–H groups in total. The summed E-state index contributed by atoms with van der Waals surface area (Å²) in [6.07, 6.45) is 1.26. The van der Waals surface area contributed by atoms with Crippen LogP contribution >= 0.6 is 0 Å². The summed E-state index contributed by atoms with van der Waals surface area (Å²) in [5.74, 6) is 0.439. The highest BCUT2D eigenvalue weighted by Gasteiger charge is 2.20. The van der Waals surface area contributed by atoms with Crippen LogP contribution < -0.4 is 10.3 Å². The molecule has 7 heteroatoms. The van der Waals surface area contributed by atoms with Gasteiger partial charge in [0.25, 0.3) is 5.56 Å². The number of hydrogen-bond acceptors (Lipinski definition) is 5. The molecule has 108 valence electrons. The predicted molar refractivity (Wildman–Crippen MR) is 76.7 cm³/mol. The number of methoxy groups -OCH3 is 1. The third-order valence-electron chi connectivity index (χ3n) is 3.34. The molecule has 0 aliphatic carbocycles. The first-order chi connectivity index (χ1) is 10.0. The fourth-order valence-electron chi connectivity index (χ4n) is 2.49. The zero-order chi connectivity index (χ0) is 15.1. The summed E-state index contributed by atoms with van der Waals surface area (Å²) >= 11 is 0. The minimum absolute atomic E-state index is 0.113. The summed E-state index contributed by atoms with van der Waals surface area (Å²) < 4.78 is 6.53. The molecule has 0 saturated carbocycles. The van der Waals surface area contributed by atoms with Crippen LogP contribution in [0.1, 0.15) is 11.1 Å². The summed E-state index contributed by atoms with van der Waals surface area (Å²) in [5.41, 5.74) is 2.04. The molecule has 0 spiro atoms. The van der Waals surface area contributed by atoms with Crippen LogP contribution in [-0.4, -0.2) is 31.8 Å². The van der Waals surface area contributed by atoms with Gasteiger partial charge in [-0.15, -0.1) is 0 Å². The molecule has 0 aliphatic rings. The van der Waals surface area contributed by atoms with E-state index in [1.54, 1.807) is 0 Å². The molecule has 1 aromatic carbocycles. The predicted octanol–water partition coefficient (Wildman–Crippen LogP) is 1.42. The Morgan fingerprint density at radius 2 is 2.05 bits per heavy atom. The van der Waals surface area contributed by atoms with Crippen molar-refractivity contribution in [3.8, 4) is 22.8 Å². The number of H-pyrrole nitrogens is 1. The maximum atomic E-state index is 12.3. The number of fused-ring (bicyclic) bond motifs is 1. The van der Waals surface area contributed by atoms with Crippen LogP contribution in [-0.2, 0) is 0 Å². The molecular formula is C14H14N4O3. The van der Waals surface area contributed by atoms with Crippen LogP contribution in [0.2, 0.25) is 0 Å². The molecule has 0 radical (unpaired) electrons. The molecule has 0 atom stereocenters. The Balaban J connectivity index is 2.43. The lowest BCUT2D eigenvalue weighted by Gasteiger charge is -2.13. The standard InChI is InChI=1S/C14H14N4O3/c1-7-4-8(2)10(9(5-7)21-3)11-12(19)17-14-15-6-16-18(14)13(11)20/h4-6,20H,1-3H3,(H,15,16,17,19). The first-order valence-electron chi connectivity index (χ1n) is 6.33. The number of aryl methyl sites for hydroxylation is 2. The van der Waals surface area contributed by atoms with Crippen molar-refractivity contribution < 1.29 is 9.84 Å². The number of aromatic nitrogens is 4. The molecule has 2 aromatic heterocycles. The fourth-order valence-corrected chi connectivity index (χ4v) is 2.49. The first kappa shape index (κ1) is 13.2. The van der Waals surface area contributed by atoms with Crippen molar-refractivity contribution in [1.29, 1.82) is 0 Å². The summed E-state index contributed by atoms with van der Waals surface area (Å²) in [5, 5.41) is 14.3. The Morgan fingerprint density at radius 1 is 1.29 bits per heavy atom. The fraction of sp³-hybridized carbons (Fsp3) is 0.214. The SMILES string of the molecule is COc1cc(C)cc(C)c1-c1c(O)n2ncnc2[nH]c1=O. The zero-order valence-corrected chi connectivity index (χ0v) is 11.8. The Labute approximate surface area is 119 Å². The highest BCUT2D eigenvalue weighted by Crippen LogP contribution is 2.36. The normalized spacial score (nSPS) is 11.0. The molecular weight excluding hydrogens is 272 g/mol. The molecule has 0 bridgehead atoms. The second-order valence-corrected chi connectivity index (χ2v) is 4.81. The van der Waals surface area contributed by atoms with Crippen LogP contribution in [0.5, 0.6) is 11.6 Å². The van der Waals surface area contributed by atoms with Crippen molar-refractivity contribution in [3.05, 3.63) is 39.9 Å². The van der Waals surface area contributed by atoms with Crippen LogP contribution in [0.15, 0.2) is 23.3 Å². The number of nitrogens with zero attached hydrogens (tertiary/aromatic N) is 3. The Kier molecular flexibility index (Phi) is 2.90. The van der Waals surface area contributed by atoms with Gasteiger partial charge >= 0.3 is 0 Å². The van der Waals surface area contributed by atoms with Crippen molar-refractivity contribution in [1.82, 2.24) is 19.6 Å². The number of ether oxygens (including phenoxy) is 1. The largest absolute Gasteiger partial charge is 0.496 e. The lowest BCUT2D eigenvalue weighted by molar-refractivity contribution is 0.413. The minimum atomic E-state index is -0.446. The molecule has 0 aliphatic heterocycles. The molecule has 0 amide bonds. The lowest BCUT2D eigenvalue weighted by atomic mass is 9.99. The molecule has 3 aromatic rings. The molecule has 3 rings (SSSR count). The molecule has 21 heavy (non-hydrogen) atoms. The maximum Gasteiger partial charge on any atom is 0.264 e. The maximum absolute atomic E-state index is 12.3. The number of hydrogen-bond donors (Lipinski definition) is 2. The Hall–Kier alpha value is -2.83. The summed E-state index contributed by atoms with van der Waals surface area (Å²) in [6.45, 7) is 3.79. The number of nitrogens with one attached hydrogen (secondary N) is 1. The van der Waals surface area contributed by atoms with Gasteiger partial charge in [0, 0.05) is 5.56 Å². The average molecular weight is 286 g/mol. The van der Waals surface area contributed by atoms with Gasteiger partial charge in [0.05, 0.1) is 7.11 Å². The number of rotatable bonds is 2. The van der Waals surface area contributed by atoms with E-state index >= 15 is 0 Å². The summed E-state index contributed by atoms with van der Waals surface area (Å²) in [6, 6.07) is 3.73. The van der Waals surface area contributed by atoms with Gasteiger partial charge in [-0.05, 0) is 31.0 Å². The van der Waals surface area contributed by atoms with E-state index in [2.05, 4.69) is 15.1 Å². The highest BCUT2D eigenvalue weighted by atomic mass is 16.5. The van der Waals surface area contributed by atoms with Gasteiger partial charge in [0.15, 0.2) is 0 Å². The Bertz CT molecular complexity index is 895. The van der Waals surface area contributed by atoms with Crippen LogP contribution in [0.4, 0.5) is 0 Å². The molecule has 2 heterocycles. The van der Waals surface area contributed by atoms with Crippen molar-refractivity contribution >= 4 is 5.78 Å².